The van der Waals surface area contributed by atoms with Crippen LogP contribution in [-0.4, -0.2) is 76.4 Å². The molecule has 56 heavy (non-hydrogen) atoms. The van der Waals surface area contributed by atoms with E-state index in [4.69, 9.17) is 16.3 Å². The summed E-state index contributed by atoms with van der Waals surface area (Å²) in [5.74, 6) is -3.20. The number of allylic oxidation sites excluding steroid dienone is 1. The normalized spacial score (nSPS) is 19.9. The molecule has 3 amide bonds. The number of aliphatic imine (C=N–C) groups is 1. The first-order valence-electron chi connectivity index (χ1n) is 18.0. The van der Waals surface area contributed by atoms with Crippen LogP contribution in [0.3, 0.4) is 0 Å². The lowest BCUT2D eigenvalue weighted by Crippen LogP contribution is -2.54. The van der Waals surface area contributed by atoms with Crippen LogP contribution in [0.1, 0.15) is 79.2 Å². The molecule has 2 fully saturated rings. The topological polar surface area (TPSA) is 194 Å². The Hall–Kier alpha value is -4.58. The molecule has 0 radical (unpaired) electrons. The maximum Gasteiger partial charge on any atom is 0.422 e. The summed E-state index contributed by atoms with van der Waals surface area (Å²) < 4.78 is 69.8. The number of carbonyl (C=O) groups excluding carboxylic acids is 3. The quantitative estimate of drug-likeness (QED) is 0.0825. The molecule has 2 aliphatic carbocycles. The van der Waals surface area contributed by atoms with Crippen molar-refractivity contribution in [3.63, 3.8) is 0 Å². The zero-order chi connectivity index (χ0) is 41.7. The predicted molar refractivity (Wildman–Crippen MR) is 206 cm³/mol. The van der Waals surface area contributed by atoms with E-state index in [1.54, 1.807) is 31.2 Å². The lowest BCUT2D eigenvalue weighted by Gasteiger charge is -2.23. The minimum atomic E-state index is -4.63. The number of nitrogens with zero attached hydrogens (tertiary/aromatic N) is 4. The first-order valence-corrected chi connectivity index (χ1v) is 19.9. The van der Waals surface area contributed by atoms with Crippen LogP contribution >= 0.6 is 11.6 Å². The van der Waals surface area contributed by atoms with E-state index >= 15 is 0 Å². The van der Waals surface area contributed by atoms with Crippen molar-refractivity contribution in [3.05, 3.63) is 59.7 Å². The maximum atomic E-state index is 13.0. The Kier molecular flexibility index (Phi) is 13.6. The Morgan fingerprint density at radius 1 is 1.09 bits per heavy atom. The van der Waals surface area contributed by atoms with Gasteiger partial charge in [-0.25, -0.2) is 13.4 Å². The molecule has 1 aromatic heterocycles. The summed E-state index contributed by atoms with van der Waals surface area (Å²) in [5.41, 5.74) is -0.646. The van der Waals surface area contributed by atoms with Gasteiger partial charge in [-0.3, -0.25) is 19.1 Å². The number of alkyl halides is 3. The third kappa shape index (κ3) is 11.7. The first-order chi connectivity index (χ1) is 26.0. The molecular formula is C37H48ClF3N8O6S. The van der Waals surface area contributed by atoms with Crippen LogP contribution < -0.4 is 25.4 Å². The number of rotatable bonds is 18. The molecule has 3 atom stereocenters. The van der Waals surface area contributed by atoms with Gasteiger partial charge in [0, 0.05) is 29.6 Å². The second-order valence-electron chi connectivity index (χ2n) is 15.2. The molecule has 1 aromatic carbocycles. The van der Waals surface area contributed by atoms with Crippen molar-refractivity contribution < 1.29 is 40.7 Å². The molecule has 306 valence electrons. The van der Waals surface area contributed by atoms with E-state index in [1.165, 1.54) is 26.8 Å². The van der Waals surface area contributed by atoms with Crippen molar-refractivity contribution in [1.29, 1.82) is 0 Å². The molecule has 4 rings (SSSR count). The average Bonchev–Trinajstić information content (AvgIpc) is 4.03. The van der Waals surface area contributed by atoms with E-state index in [0.29, 0.717) is 23.6 Å². The predicted octanol–water partition coefficient (Wildman–Crippen LogP) is 5.69. The van der Waals surface area contributed by atoms with Crippen molar-refractivity contribution >= 4 is 57.0 Å². The van der Waals surface area contributed by atoms with Crippen molar-refractivity contribution in [2.45, 2.75) is 95.6 Å². The van der Waals surface area contributed by atoms with Gasteiger partial charge in [-0.15, -0.1) is 6.58 Å². The number of carbonyl (C=O) groups is 3. The highest BCUT2D eigenvalue weighted by molar-refractivity contribution is 7.91. The number of hydrogen-bond donors (Lipinski definition) is 4. The molecule has 0 aliphatic heterocycles. The molecule has 3 unspecified atom stereocenters. The van der Waals surface area contributed by atoms with Crippen LogP contribution in [0.2, 0.25) is 5.02 Å². The lowest BCUT2D eigenvalue weighted by atomic mass is 10.0. The Morgan fingerprint density at radius 2 is 1.75 bits per heavy atom. The molecule has 2 saturated carbocycles. The van der Waals surface area contributed by atoms with Gasteiger partial charge in [0.2, 0.25) is 27.8 Å². The Bertz CT molecular complexity index is 1960. The van der Waals surface area contributed by atoms with Crippen LogP contribution in [0.5, 0.6) is 6.01 Å². The summed E-state index contributed by atoms with van der Waals surface area (Å²) in [7, 11) is -4.00. The molecular weight excluding hydrogens is 777 g/mol. The van der Waals surface area contributed by atoms with Gasteiger partial charge in [-0.2, -0.15) is 28.1 Å². The van der Waals surface area contributed by atoms with Gasteiger partial charge in [0.1, 0.15) is 5.54 Å². The molecule has 1 heterocycles. The summed E-state index contributed by atoms with van der Waals surface area (Å²) >= 11 is 6.04. The highest BCUT2D eigenvalue weighted by Crippen LogP contribution is 2.48. The number of ether oxygens (including phenoxy) is 1. The molecule has 0 bridgehead atoms. The standard InChI is InChI=1S/C37H48ClF3N8O6S/c1-8-24-20-36(24,30(52)49-56(53,54)34(5,6)7)47-28(50)10-9-19-42-29(51)23(4)11-16-27(22(2)3)43-31-44-32(46-33(45-31)55-21-37(39,40)41)48-35(17-18-35)25-12-14-26(38)15-13-25/h8,11-16,22-24H,1,9-10,17-21H2,2-7H3,(H,42,51)(H,47,50)(H,49,52)(H,44,45,46,48)/b16-11-,43-27?. The van der Waals surface area contributed by atoms with Gasteiger partial charge in [-0.05, 0) is 76.1 Å². The molecule has 0 saturated heterocycles. The third-order valence-electron chi connectivity index (χ3n) is 9.24. The van der Waals surface area contributed by atoms with Gasteiger partial charge in [0.15, 0.2) is 6.61 Å². The number of amides is 3. The lowest BCUT2D eigenvalue weighted by molar-refractivity contribution is -0.154. The van der Waals surface area contributed by atoms with Gasteiger partial charge in [0.05, 0.1) is 16.2 Å². The number of aromatic nitrogens is 3. The summed E-state index contributed by atoms with van der Waals surface area (Å²) in [6, 6.07) is 6.59. The fourth-order valence-electron chi connectivity index (χ4n) is 5.39. The number of sulfonamides is 1. The molecule has 2 aromatic rings. The summed E-state index contributed by atoms with van der Waals surface area (Å²) in [6.45, 7) is 11.8. The van der Waals surface area contributed by atoms with Crippen LogP contribution in [-0.2, 0) is 29.9 Å². The van der Waals surface area contributed by atoms with Gasteiger partial charge in [-0.1, -0.05) is 56.7 Å². The van der Waals surface area contributed by atoms with Crippen molar-refractivity contribution in [2.75, 3.05) is 18.5 Å². The minimum absolute atomic E-state index is 0.0264. The molecule has 2 aliphatic rings. The van der Waals surface area contributed by atoms with Crippen LogP contribution in [0.15, 0.2) is 54.1 Å². The largest absolute Gasteiger partial charge is 0.454 e. The highest BCUT2D eigenvalue weighted by atomic mass is 35.5. The summed E-state index contributed by atoms with van der Waals surface area (Å²) in [5, 5.41) is 9.17. The molecule has 4 N–H and O–H groups in total. The van der Waals surface area contributed by atoms with Gasteiger partial charge >= 0.3 is 12.2 Å². The SMILES string of the molecule is C=CC1CC1(NC(=O)CCCNC(=O)C(C)/C=C\C(=Nc1nc(NC2(c3ccc(Cl)cc3)CC2)nc(OCC(F)(F)F)n1)C(C)C)C(=O)NS(=O)(=O)C(C)(C)C. The average molecular weight is 825 g/mol. The molecule has 0 spiro atoms. The van der Waals surface area contributed by atoms with E-state index in [2.05, 4.69) is 47.2 Å². The number of anilines is 1. The minimum Gasteiger partial charge on any atom is -0.454 e. The van der Waals surface area contributed by atoms with Gasteiger partial charge in [0.25, 0.3) is 11.9 Å². The van der Waals surface area contributed by atoms with E-state index < -0.39 is 68.3 Å². The van der Waals surface area contributed by atoms with Crippen LogP contribution in [0.25, 0.3) is 0 Å². The summed E-state index contributed by atoms with van der Waals surface area (Å²) in [4.78, 5) is 55.5. The third-order valence-corrected chi connectivity index (χ3v) is 11.6. The number of hydrogen-bond acceptors (Lipinski definition) is 11. The second kappa shape index (κ2) is 17.3. The zero-order valence-electron chi connectivity index (χ0n) is 32.1. The Labute approximate surface area is 329 Å². The van der Waals surface area contributed by atoms with Crippen LogP contribution in [0, 0.1) is 17.8 Å². The first kappa shape index (κ1) is 44.1. The Balaban J connectivity index is 1.37. The van der Waals surface area contributed by atoms with Crippen molar-refractivity contribution in [3.8, 4) is 6.01 Å². The maximum absolute atomic E-state index is 13.0. The fraction of sp³-hybridized carbons (Fsp3) is 0.541. The van der Waals surface area contributed by atoms with E-state index in [1.807, 2.05) is 26.0 Å². The molecule has 19 heteroatoms. The van der Waals surface area contributed by atoms with Crippen LogP contribution in [0.4, 0.5) is 25.1 Å². The van der Waals surface area contributed by atoms with E-state index in [-0.39, 0.29) is 49.5 Å². The monoisotopic (exact) mass is 824 g/mol. The molecule has 14 nitrogen and oxygen atoms in total. The van der Waals surface area contributed by atoms with Crippen molar-refractivity contribution in [2.24, 2.45) is 22.7 Å². The van der Waals surface area contributed by atoms with Crippen molar-refractivity contribution in [1.82, 2.24) is 30.3 Å². The van der Waals surface area contributed by atoms with E-state index in [9.17, 15) is 36.0 Å². The zero-order valence-corrected chi connectivity index (χ0v) is 33.7. The van der Waals surface area contributed by atoms with E-state index in [0.717, 1.165) is 5.56 Å². The highest BCUT2D eigenvalue weighted by Gasteiger charge is 2.60. The Morgan fingerprint density at radius 3 is 2.30 bits per heavy atom. The van der Waals surface area contributed by atoms with Gasteiger partial charge < -0.3 is 20.7 Å². The fourth-order valence-corrected chi connectivity index (χ4v) is 6.25. The summed E-state index contributed by atoms with van der Waals surface area (Å²) in [6.07, 6.45) is 1.88. The number of benzene rings is 1. The smallest absolute Gasteiger partial charge is 0.422 e. The number of halogens is 4. The second-order valence-corrected chi connectivity index (χ2v) is 18.1. The number of nitrogens with one attached hydrogen (secondary N) is 4.